The number of hydrogen-bond acceptors (Lipinski definition) is 5. The maximum atomic E-state index is 13.0. The Labute approximate surface area is 186 Å². The Kier molecular flexibility index (Phi) is 6.38. The fourth-order valence-corrected chi connectivity index (χ4v) is 4.41. The highest BCUT2D eigenvalue weighted by atomic mass is 32.2. The van der Waals surface area contributed by atoms with Gasteiger partial charge in [-0.15, -0.1) is 0 Å². The van der Waals surface area contributed by atoms with E-state index in [2.05, 4.69) is 0 Å². The van der Waals surface area contributed by atoms with Crippen molar-refractivity contribution >= 4 is 27.0 Å². The Balaban J connectivity index is 2.28. The van der Waals surface area contributed by atoms with Crippen molar-refractivity contribution in [3.05, 3.63) is 74.3 Å². The zero-order valence-electron chi connectivity index (χ0n) is 18.7. The van der Waals surface area contributed by atoms with Crippen LogP contribution in [0.4, 0.5) is 0 Å². The highest BCUT2D eigenvalue weighted by molar-refractivity contribution is 7.89. The Hall–Kier alpha value is -3.24. The lowest BCUT2D eigenvalue weighted by Gasteiger charge is -2.17. The third-order valence-electron chi connectivity index (χ3n) is 5.22. The molecule has 0 bridgehead atoms. The minimum Gasteiger partial charge on any atom is -0.345 e. The van der Waals surface area contributed by atoms with Crippen LogP contribution in [-0.4, -0.2) is 60.9 Å². The van der Waals surface area contributed by atoms with Crippen LogP contribution in [0.3, 0.4) is 0 Å². The second-order valence-corrected chi connectivity index (χ2v) is 9.93. The molecule has 2 aromatic carbocycles. The number of aryl methyl sites for hydroxylation is 1. The predicted molar refractivity (Wildman–Crippen MR) is 123 cm³/mol. The lowest BCUT2D eigenvalue weighted by Crippen LogP contribution is -2.41. The molecule has 1 heterocycles. The molecule has 10 heteroatoms. The first-order valence-electron chi connectivity index (χ1n) is 9.99. The molecule has 1 amide bonds. The van der Waals surface area contributed by atoms with Crippen molar-refractivity contribution in [1.82, 2.24) is 18.3 Å². The number of sulfonamides is 1. The SMILES string of the molecule is CCn1c(=O)c(=O)n(Cc2cccc(C(=O)N(C)C)c2)c2cc(S(=O)(=O)N(C)C)ccc21. The van der Waals surface area contributed by atoms with E-state index < -0.39 is 21.1 Å². The van der Waals surface area contributed by atoms with Crippen molar-refractivity contribution in [3.8, 4) is 0 Å². The maximum Gasteiger partial charge on any atom is 0.317 e. The molecule has 0 unspecified atom stereocenters. The number of benzene rings is 2. The fourth-order valence-electron chi connectivity index (χ4n) is 3.48. The van der Waals surface area contributed by atoms with Crippen LogP contribution in [-0.2, 0) is 23.1 Å². The number of carbonyl (C=O) groups is 1. The molecule has 3 rings (SSSR count). The van der Waals surface area contributed by atoms with Gasteiger partial charge in [-0.1, -0.05) is 12.1 Å². The molecule has 0 radical (unpaired) electrons. The smallest absolute Gasteiger partial charge is 0.317 e. The summed E-state index contributed by atoms with van der Waals surface area (Å²) in [6.45, 7) is 2.01. The van der Waals surface area contributed by atoms with Gasteiger partial charge < -0.3 is 9.47 Å². The minimum absolute atomic E-state index is 0.00907. The van der Waals surface area contributed by atoms with Crippen molar-refractivity contribution in [3.63, 3.8) is 0 Å². The molecule has 0 spiro atoms. The van der Waals surface area contributed by atoms with Gasteiger partial charge in [-0.2, -0.15) is 0 Å². The first-order valence-corrected chi connectivity index (χ1v) is 11.4. The first-order chi connectivity index (χ1) is 15.0. The van der Waals surface area contributed by atoms with Crippen molar-refractivity contribution < 1.29 is 13.2 Å². The molecule has 9 nitrogen and oxygen atoms in total. The fraction of sp³-hybridized carbons (Fsp3) is 0.318. The molecule has 1 aromatic heterocycles. The van der Waals surface area contributed by atoms with Gasteiger partial charge in [0.2, 0.25) is 10.0 Å². The van der Waals surface area contributed by atoms with Gasteiger partial charge in [0.05, 0.1) is 22.5 Å². The minimum atomic E-state index is -3.75. The van der Waals surface area contributed by atoms with Gasteiger partial charge in [0, 0.05) is 40.3 Å². The van der Waals surface area contributed by atoms with E-state index in [1.807, 2.05) is 0 Å². The predicted octanol–water partition coefficient (Wildman–Crippen LogP) is 1.18. The summed E-state index contributed by atoms with van der Waals surface area (Å²) >= 11 is 0. The van der Waals surface area contributed by atoms with Gasteiger partial charge in [0.1, 0.15) is 0 Å². The molecule has 0 saturated heterocycles. The third kappa shape index (κ3) is 4.11. The molecule has 0 atom stereocenters. The topological polar surface area (TPSA) is 102 Å². The molecule has 0 fully saturated rings. The van der Waals surface area contributed by atoms with Gasteiger partial charge in [-0.25, -0.2) is 12.7 Å². The van der Waals surface area contributed by atoms with E-state index in [1.54, 1.807) is 51.4 Å². The van der Waals surface area contributed by atoms with Crippen LogP contribution in [0.5, 0.6) is 0 Å². The van der Waals surface area contributed by atoms with Crippen LogP contribution in [0.2, 0.25) is 0 Å². The number of carbonyl (C=O) groups excluding carboxylic acids is 1. The zero-order chi connectivity index (χ0) is 23.8. The van der Waals surface area contributed by atoms with Crippen molar-refractivity contribution in [1.29, 1.82) is 0 Å². The summed E-state index contributed by atoms with van der Waals surface area (Å²) in [5, 5.41) is 0. The molecule has 0 aliphatic rings. The number of rotatable bonds is 6. The van der Waals surface area contributed by atoms with Gasteiger partial charge in [-0.3, -0.25) is 19.0 Å². The van der Waals surface area contributed by atoms with E-state index in [4.69, 9.17) is 0 Å². The molecule has 3 aromatic rings. The number of aromatic nitrogens is 2. The first kappa shape index (κ1) is 23.4. The van der Waals surface area contributed by atoms with E-state index in [-0.39, 0.29) is 23.9 Å². The van der Waals surface area contributed by atoms with Crippen LogP contribution < -0.4 is 11.1 Å². The lowest BCUT2D eigenvalue weighted by atomic mass is 10.1. The molecule has 0 saturated carbocycles. The van der Waals surface area contributed by atoms with Gasteiger partial charge in [0.15, 0.2) is 0 Å². The molecule has 0 N–H and O–H groups in total. The van der Waals surface area contributed by atoms with Crippen molar-refractivity contribution in [2.45, 2.75) is 24.9 Å². The summed E-state index contributed by atoms with van der Waals surface area (Å²) in [7, 11) is 2.39. The van der Waals surface area contributed by atoms with Crippen molar-refractivity contribution in [2.24, 2.45) is 0 Å². The van der Waals surface area contributed by atoms with Crippen LogP contribution in [0.25, 0.3) is 11.0 Å². The summed E-state index contributed by atoms with van der Waals surface area (Å²) in [6.07, 6.45) is 0. The Bertz CT molecular complexity index is 1420. The molecule has 0 aliphatic carbocycles. The van der Waals surface area contributed by atoms with Crippen LogP contribution in [0, 0.1) is 0 Å². The third-order valence-corrected chi connectivity index (χ3v) is 7.03. The normalized spacial score (nSPS) is 11.8. The second-order valence-electron chi connectivity index (χ2n) is 7.78. The largest absolute Gasteiger partial charge is 0.345 e. The number of nitrogens with zero attached hydrogens (tertiary/aromatic N) is 4. The highest BCUT2D eigenvalue weighted by Crippen LogP contribution is 2.20. The van der Waals surface area contributed by atoms with Crippen LogP contribution in [0.1, 0.15) is 22.8 Å². The van der Waals surface area contributed by atoms with Gasteiger partial charge >= 0.3 is 11.1 Å². The second kappa shape index (κ2) is 8.71. The van der Waals surface area contributed by atoms with E-state index in [1.165, 1.54) is 40.3 Å². The summed E-state index contributed by atoms with van der Waals surface area (Å²) in [6, 6.07) is 11.2. The number of amides is 1. The lowest BCUT2D eigenvalue weighted by molar-refractivity contribution is 0.0827. The highest BCUT2D eigenvalue weighted by Gasteiger charge is 2.20. The molecule has 32 heavy (non-hydrogen) atoms. The summed E-state index contributed by atoms with van der Waals surface area (Å²) in [5.74, 6) is -0.190. The zero-order valence-corrected chi connectivity index (χ0v) is 19.5. The molecular weight excluding hydrogens is 432 g/mol. The van der Waals surface area contributed by atoms with Crippen LogP contribution >= 0.6 is 0 Å². The number of fused-ring (bicyclic) bond motifs is 1. The number of hydrogen-bond donors (Lipinski definition) is 0. The molecule has 170 valence electrons. The summed E-state index contributed by atoms with van der Waals surface area (Å²) < 4.78 is 29.0. The average Bonchev–Trinajstić information content (AvgIpc) is 2.76. The quantitative estimate of drug-likeness (QED) is 0.517. The average molecular weight is 459 g/mol. The van der Waals surface area contributed by atoms with Gasteiger partial charge in [0.25, 0.3) is 5.91 Å². The molecule has 0 aliphatic heterocycles. The maximum absolute atomic E-state index is 13.0. The summed E-state index contributed by atoms with van der Waals surface area (Å²) in [4.78, 5) is 39.5. The van der Waals surface area contributed by atoms with Gasteiger partial charge in [-0.05, 0) is 42.8 Å². The van der Waals surface area contributed by atoms with E-state index in [0.717, 1.165) is 4.31 Å². The van der Waals surface area contributed by atoms with E-state index in [0.29, 0.717) is 22.2 Å². The standard InChI is InChI=1S/C22H26N4O5S/c1-6-25-18-11-10-17(32(30,31)24(4)5)13-19(18)26(22(29)21(25)28)14-15-8-7-9-16(12-15)20(27)23(2)3/h7-13H,6,14H2,1-5H3. The van der Waals surface area contributed by atoms with Crippen molar-refractivity contribution in [2.75, 3.05) is 28.2 Å². The Morgan fingerprint density at radius 2 is 1.56 bits per heavy atom. The van der Waals surface area contributed by atoms with E-state index in [9.17, 15) is 22.8 Å². The monoisotopic (exact) mass is 458 g/mol. The summed E-state index contributed by atoms with van der Waals surface area (Å²) in [5.41, 5.74) is 0.407. The van der Waals surface area contributed by atoms with Crippen LogP contribution in [0.15, 0.2) is 56.9 Å². The van der Waals surface area contributed by atoms with E-state index >= 15 is 0 Å². The molecular formula is C22H26N4O5S. The Morgan fingerprint density at radius 3 is 2.16 bits per heavy atom. The Morgan fingerprint density at radius 1 is 0.906 bits per heavy atom.